The second-order valence-electron chi connectivity index (χ2n) is 6.28. The Labute approximate surface area is 158 Å². The maximum Gasteiger partial charge on any atom is 0.321 e. The zero-order chi connectivity index (χ0) is 20.2. The average molecular weight is 376 g/mol. The maximum absolute atomic E-state index is 10.4. The molecule has 0 bridgehead atoms. The van der Waals surface area contributed by atoms with E-state index in [0.29, 0.717) is 23.5 Å². The number of aldehydes is 1. The Kier molecular flexibility index (Phi) is 9.95. The molecule has 1 aromatic carbocycles. The van der Waals surface area contributed by atoms with Crippen molar-refractivity contribution in [1.82, 2.24) is 4.98 Å². The van der Waals surface area contributed by atoms with Gasteiger partial charge in [-0.1, -0.05) is 37.5 Å². The number of benzene rings is 1. The summed E-state index contributed by atoms with van der Waals surface area (Å²) in [6, 6.07) is 8.12. The molecular formula is C19H28N4O4. The highest BCUT2D eigenvalue weighted by molar-refractivity contribution is 5.87. The number of phenols is 1. The highest BCUT2D eigenvalue weighted by atomic mass is 16.4. The fraction of sp³-hybridized carbons (Fsp3) is 0.421. The Morgan fingerprint density at radius 3 is 2.33 bits per heavy atom. The number of rotatable bonds is 3. The molecule has 1 aromatic heterocycles. The third-order valence-corrected chi connectivity index (χ3v) is 4.06. The van der Waals surface area contributed by atoms with Gasteiger partial charge in [0.1, 0.15) is 23.0 Å². The van der Waals surface area contributed by atoms with Gasteiger partial charge in [0.25, 0.3) is 0 Å². The van der Waals surface area contributed by atoms with Gasteiger partial charge in [-0.3, -0.25) is 9.59 Å². The first-order chi connectivity index (χ1) is 12.9. The number of fused-ring (bicyclic) bond motifs is 1. The number of nitrogens with two attached hydrogens (primary N) is 3. The maximum atomic E-state index is 10.4. The van der Waals surface area contributed by atoms with Crippen LogP contribution in [0.2, 0.25) is 0 Å². The first-order valence-electron chi connectivity index (χ1n) is 8.87. The molecule has 0 aliphatic heterocycles. The lowest BCUT2D eigenvalue weighted by atomic mass is 9.97. The fourth-order valence-electron chi connectivity index (χ4n) is 2.45. The van der Waals surface area contributed by atoms with E-state index in [2.05, 4.69) is 4.98 Å². The highest BCUT2D eigenvalue weighted by Gasteiger charge is 2.06. The molecule has 0 spiro atoms. The van der Waals surface area contributed by atoms with Gasteiger partial charge in [-0.15, -0.1) is 0 Å². The largest absolute Gasteiger partial charge is 0.506 e. The van der Waals surface area contributed by atoms with Crippen LogP contribution in [0.3, 0.4) is 0 Å². The molecule has 27 heavy (non-hydrogen) atoms. The molecular weight excluding hydrogens is 348 g/mol. The van der Waals surface area contributed by atoms with Crippen LogP contribution in [0.4, 0.5) is 0 Å². The summed E-state index contributed by atoms with van der Waals surface area (Å²) >= 11 is 0. The number of carbonyl (C=O) groups is 2. The van der Waals surface area contributed by atoms with Crippen molar-refractivity contribution in [3.05, 3.63) is 36.0 Å². The van der Waals surface area contributed by atoms with Gasteiger partial charge in [0.15, 0.2) is 6.29 Å². The Morgan fingerprint density at radius 1 is 1.22 bits per heavy atom. The van der Waals surface area contributed by atoms with Gasteiger partial charge in [0.05, 0.1) is 0 Å². The average Bonchev–Trinajstić information content (AvgIpc) is 2.69. The summed E-state index contributed by atoms with van der Waals surface area (Å²) < 4.78 is 0. The number of para-hydroxylation sites is 1. The molecule has 0 saturated heterocycles. The Hall–Kier alpha value is -2.55. The first kappa shape index (κ1) is 22.5. The SMILES string of the molecule is NC1CCCCC1.NC[C@H](N)C(=O)O.O=Cc1ccc2cccc(O)c2n1. The lowest BCUT2D eigenvalue weighted by molar-refractivity contribution is -0.138. The number of pyridine rings is 1. The highest BCUT2D eigenvalue weighted by Crippen LogP contribution is 2.21. The third-order valence-electron chi connectivity index (χ3n) is 4.06. The molecule has 1 atom stereocenters. The summed E-state index contributed by atoms with van der Waals surface area (Å²) in [5, 5.41) is 18.2. The van der Waals surface area contributed by atoms with Gasteiger partial charge < -0.3 is 27.4 Å². The van der Waals surface area contributed by atoms with Crippen LogP contribution in [0, 0.1) is 0 Å². The van der Waals surface area contributed by atoms with Crippen LogP contribution in [0.15, 0.2) is 30.3 Å². The molecule has 1 aliphatic carbocycles. The Bertz CT molecular complexity index is 733. The molecule has 0 radical (unpaired) electrons. The summed E-state index contributed by atoms with van der Waals surface area (Å²) in [5.41, 5.74) is 16.2. The van der Waals surface area contributed by atoms with E-state index in [-0.39, 0.29) is 12.3 Å². The molecule has 8 N–H and O–H groups in total. The Morgan fingerprint density at radius 2 is 1.89 bits per heavy atom. The van der Waals surface area contributed by atoms with E-state index in [1.807, 2.05) is 6.07 Å². The molecule has 0 unspecified atom stereocenters. The summed E-state index contributed by atoms with van der Waals surface area (Å²) in [4.78, 5) is 24.1. The van der Waals surface area contributed by atoms with Crippen molar-refractivity contribution in [1.29, 1.82) is 0 Å². The smallest absolute Gasteiger partial charge is 0.321 e. The number of nitrogens with zero attached hydrogens (tertiary/aromatic N) is 1. The number of hydrogen-bond acceptors (Lipinski definition) is 7. The van der Waals surface area contributed by atoms with E-state index in [4.69, 9.17) is 22.3 Å². The molecule has 3 rings (SSSR count). The lowest BCUT2D eigenvalue weighted by Gasteiger charge is -2.15. The molecule has 0 amide bonds. The molecule has 8 heteroatoms. The van der Waals surface area contributed by atoms with Crippen molar-refractivity contribution in [2.75, 3.05) is 6.54 Å². The number of phenolic OH excluding ortho intramolecular Hbond substituents is 1. The number of aromatic hydroxyl groups is 1. The van der Waals surface area contributed by atoms with Gasteiger partial charge in [0.2, 0.25) is 0 Å². The van der Waals surface area contributed by atoms with Crippen LogP contribution in [0.25, 0.3) is 10.9 Å². The number of carboxylic acid groups (broad SMARTS) is 1. The molecule has 1 aliphatic rings. The third kappa shape index (κ3) is 8.12. The predicted octanol–water partition coefficient (Wildman–Crippen LogP) is 1.39. The van der Waals surface area contributed by atoms with Crippen molar-refractivity contribution in [3.63, 3.8) is 0 Å². The summed E-state index contributed by atoms with van der Waals surface area (Å²) in [5.74, 6) is -0.955. The van der Waals surface area contributed by atoms with E-state index in [0.717, 1.165) is 5.39 Å². The molecule has 1 heterocycles. The summed E-state index contributed by atoms with van der Waals surface area (Å²) in [6.07, 6.45) is 7.32. The second kappa shape index (κ2) is 11.9. The molecule has 2 aromatic rings. The normalized spacial score (nSPS) is 14.9. The predicted molar refractivity (Wildman–Crippen MR) is 105 cm³/mol. The van der Waals surface area contributed by atoms with E-state index in [1.54, 1.807) is 24.3 Å². The van der Waals surface area contributed by atoms with Gasteiger partial charge >= 0.3 is 5.97 Å². The summed E-state index contributed by atoms with van der Waals surface area (Å²) in [7, 11) is 0. The first-order valence-corrected chi connectivity index (χ1v) is 8.87. The minimum Gasteiger partial charge on any atom is -0.506 e. The van der Waals surface area contributed by atoms with Crippen LogP contribution in [0.5, 0.6) is 5.75 Å². The number of carbonyl (C=O) groups excluding carboxylic acids is 1. The van der Waals surface area contributed by atoms with Crippen LogP contribution < -0.4 is 17.2 Å². The van der Waals surface area contributed by atoms with Gasteiger partial charge in [-0.25, -0.2) is 4.98 Å². The van der Waals surface area contributed by atoms with Crippen molar-refractivity contribution in [2.24, 2.45) is 17.2 Å². The van der Waals surface area contributed by atoms with Crippen LogP contribution in [0.1, 0.15) is 42.6 Å². The quantitative estimate of drug-likeness (QED) is 0.501. The van der Waals surface area contributed by atoms with E-state index >= 15 is 0 Å². The zero-order valence-corrected chi connectivity index (χ0v) is 15.3. The van der Waals surface area contributed by atoms with Gasteiger partial charge in [-0.2, -0.15) is 0 Å². The standard InChI is InChI=1S/C10H7NO2.C6H13N.C3H8N2O2/c12-6-8-5-4-7-2-1-3-9(13)10(7)11-8;7-6-4-2-1-3-5-6;4-1-2(5)3(6)7/h1-6,13H;6H,1-5,7H2;2H,1,4-5H2,(H,6,7)/t;;2-/m..0/s1. The van der Waals surface area contributed by atoms with E-state index in [1.165, 1.54) is 32.1 Å². The van der Waals surface area contributed by atoms with E-state index < -0.39 is 12.0 Å². The minimum atomic E-state index is -1.05. The Balaban J connectivity index is 0.000000223. The zero-order valence-electron chi connectivity index (χ0n) is 15.3. The van der Waals surface area contributed by atoms with Gasteiger partial charge in [0, 0.05) is 18.0 Å². The number of aliphatic carboxylic acids is 1. The fourth-order valence-corrected chi connectivity index (χ4v) is 2.45. The number of hydrogen-bond donors (Lipinski definition) is 5. The topological polar surface area (TPSA) is 166 Å². The number of carboxylic acids is 1. The van der Waals surface area contributed by atoms with Crippen LogP contribution in [-0.2, 0) is 4.79 Å². The van der Waals surface area contributed by atoms with Crippen molar-refractivity contribution in [3.8, 4) is 5.75 Å². The van der Waals surface area contributed by atoms with Crippen molar-refractivity contribution in [2.45, 2.75) is 44.2 Å². The second-order valence-corrected chi connectivity index (χ2v) is 6.28. The molecule has 1 fully saturated rings. The lowest BCUT2D eigenvalue weighted by Crippen LogP contribution is -2.37. The molecule has 148 valence electrons. The van der Waals surface area contributed by atoms with Crippen molar-refractivity contribution < 1.29 is 19.8 Å². The summed E-state index contributed by atoms with van der Waals surface area (Å²) in [6.45, 7) is -0.00463. The number of aromatic nitrogens is 1. The monoisotopic (exact) mass is 376 g/mol. The van der Waals surface area contributed by atoms with Crippen LogP contribution in [-0.4, -0.2) is 46.1 Å². The van der Waals surface area contributed by atoms with Crippen LogP contribution >= 0.6 is 0 Å². The minimum absolute atomic E-state index is 0.00463. The molecule has 8 nitrogen and oxygen atoms in total. The van der Waals surface area contributed by atoms with E-state index in [9.17, 15) is 14.7 Å². The van der Waals surface area contributed by atoms with Crippen molar-refractivity contribution >= 4 is 23.2 Å². The molecule has 1 saturated carbocycles. The van der Waals surface area contributed by atoms with Gasteiger partial charge in [-0.05, 0) is 25.0 Å².